The van der Waals surface area contributed by atoms with Crippen LogP contribution < -0.4 is 15.4 Å². The number of sulfonamides is 1. The first-order chi connectivity index (χ1) is 18.6. The molecule has 9 nitrogen and oxygen atoms in total. The maximum atomic E-state index is 13.8. The highest BCUT2D eigenvalue weighted by Gasteiger charge is 2.48. The number of anilines is 1. The molecule has 0 radical (unpaired) electrons. The molecule has 3 N–H and O–H groups in total. The SMILES string of the molecule is CS(=O)(=O)N1CC2(CCN(C(=O)[C@@H](COCc3ccccc3)NC(=O)C3(N)CCCC3)CC2)c2ccccc21. The van der Waals surface area contributed by atoms with Crippen LogP contribution in [0.2, 0.25) is 0 Å². The lowest BCUT2D eigenvalue weighted by atomic mass is 9.74. The Kier molecular flexibility index (Phi) is 7.72. The molecule has 0 unspecified atom stereocenters. The monoisotopic (exact) mass is 554 g/mol. The average Bonchev–Trinajstić information content (AvgIpc) is 3.52. The van der Waals surface area contributed by atoms with E-state index in [4.69, 9.17) is 10.5 Å². The summed E-state index contributed by atoms with van der Waals surface area (Å²) in [6.45, 7) is 1.67. The molecule has 0 bridgehead atoms. The van der Waals surface area contributed by atoms with Crippen molar-refractivity contribution >= 4 is 27.5 Å². The van der Waals surface area contributed by atoms with E-state index in [-0.39, 0.29) is 23.8 Å². The fraction of sp³-hybridized carbons (Fsp3) is 0.517. The summed E-state index contributed by atoms with van der Waals surface area (Å²) >= 11 is 0. The summed E-state index contributed by atoms with van der Waals surface area (Å²) in [4.78, 5) is 28.7. The number of rotatable bonds is 8. The normalized spacial score (nSPS) is 20.6. The molecule has 0 aromatic heterocycles. The van der Waals surface area contributed by atoms with Crippen LogP contribution in [-0.4, -0.2) is 69.2 Å². The molecule has 1 aliphatic carbocycles. The summed E-state index contributed by atoms with van der Waals surface area (Å²) in [5.41, 5.74) is 7.82. The first-order valence-electron chi connectivity index (χ1n) is 13.7. The Balaban J connectivity index is 1.28. The molecule has 3 aliphatic rings. The molecule has 1 saturated heterocycles. The Morgan fingerprint density at radius 2 is 1.64 bits per heavy atom. The van der Waals surface area contributed by atoms with Gasteiger partial charge in [-0.15, -0.1) is 0 Å². The second kappa shape index (κ2) is 10.9. The van der Waals surface area contributed by atoms with Crippen LogP contribution in [0.5, 0.6) is 0 Å². The molecule has 1 saturated carbocycles. The lowest BCUT2D eigenvalue weighted by Gasteiger charge is -2.41. The molecule has 5 rings (SSSR count). The molecule has 1 spiro atoms. The third-order valence-electron chi connectivity index (χ3n) is 8.57. The van der Waals surface area contributed by atoms with Crippen molar-refractivity contribution in [1.29, 1.82) is 0 Å². The second-order valence-corrected chi connectivity index (χ2v) is 13.2. The van der Waals surface area contributed by atoms with Gasteiger partial charge in [0.15, 0.2) is 0 Å². The van der Waals surface area contributed by atoms with Crippen LogP contribution in [0.4, 0.5) is 5.69 Å². The zero-order valence-corrected chi connectivity index (χ0v) is 23.3. The molecule has 1 atom stereocenters. The van der Waals surface area contributed by atoms with Crippen molar-refractivity contribution in [2.24, 2.45) is 5.73 Å². The number of likely N-dealkylation sites (tertiary alicyclic amines) is 1. The lowest BCUT2D eigenvalue weighted by molar-refractivity contribution is -0.141. The van der Waals surface area contributed by atoms with E-state index in [0.29, 0.717) is 51.9 Å². The number of nitrogens with one attached hydrogen (secondary N) is 1. The van der Waals surface area contributed by atoms with Crippen LogP contribution in [0.1, 0.15) is 49.7 Å². The molecular weight excluding hydrogens is 516 g/mol. The topological polar surface area (TPSA) is 122 Å². The van der Waals surface area contributed by atoms with Crippen LogP contribution in [0.15, 0.2) is 54.6 Å². The number of nitrogens with two attached hydrogens (primary N) is 1. The van der Waals surface area contributed by atoms with E-state index in [2.05, 4.69) is 5.32 Å². The van der Waals surface area contributed by atoms with E-state index in [9.17, 15) is 18.0 Å². The van der Waals surface area contributed by atoms with Crippen molar-refractivity contribution in [3.05, 3.63) is 65.7 Å². The summed E-state index contributed by atoms with van der Waals surface area (Å²) in [6, 6.07) is 16.5. The Labute approximate surface area is 230 Å². The summed E-state index contributed by atoms with van der Waals surface area (Å²) in [6.07, 6.45) is 5.50. The third-order valence-corrected chi connectivity index (χ3v) is 9.70. The van der Waals surface area contributed by atoms with Gasteiger partial charge < -0.3 is 20.7 Å². The third kappa shape index (κ3) is 5.69. The number of nitrogens with zero attached hydrogens (tertiary/aromatic N) is 2. The van der Waals surface area contributed by atoms with Crippen molar-refractivity contribution in [1.82, 2.24) is 10.2 Å². The molecule has 10 heteroatoms. The zero-order valence-electron chi connectivity index (χ0n) is 22.5. The number of benzene rings is 2. The van der Waals surface area contributed by atoms with Gasteiger partial charge in [-0.05, 0) is 42.9 Å². The fourth-order valence-electron chi connectivity index (χ4n) is 6.26. The number of para-hydroxylation sites is 1. The molecule has 2 aromatic carbocycles. The lowest BCUT2D eigenvalue weighted by Crippen LogP contribution is -2.60. The summed E-state index contributed by atoms with van der Waals surface area (Å²) in [5.74, 6) is -0.497. The van der Waals surface area contributed by atoms with Gasteiger partial charge in [0.25, 0.3) is 0 Å². The molecule has 2 heterocycles. The largest absolute Gasteiger partial charge is 0.374 e. The predicted molar refractivity (Wildman–Crippen MR) is 150 cm³/mol. The Morgan fingerprint density at radius 1 is 1.00 bits per heavy atom. The van der Waals surface area contributed by atoms with Gasteiger partial charge in [0, 0.05) is 25.0 Å². The molecule has 2 aliphatic heterocycles. The molecular formula is C29H38N4O5S. The average molecular weight is 555 g/mol. The molecule has 2 amide bonds. The fourth-order valence-corrected chi connectivity index (χ4v) is 7.26. The summed E-state index contributed by atoms with van der Waals surface area (Å²) in [7, 11) is -3.42. The maximum absolute atomic E-state index is 13.8. The number of piperidine rings is 1. The highest BCUT2D eigenvalue weighted by molar-refractivity contribution is 7.92. The quantitative estimate of drug-likeness (QED) is 0.517. The van der Waals surface area contributed by atoms with Gasteiger partial charge in [0.05, 0.1) is 30.7 Å². The van der Waals surface area contributed by atoms with E-state index in [1.54, 1.807) is 4.90 Å². The van der Waals surface area contributed by atoms with Crippen LogP contribution in [0.3, 0.4) is 0 Å². The standard InChI is InChI=1S/C29H38N4O5S/c1-39(36,37)33-21-28(23-11-5-6-12-25(23)33)15-17-32(18-16-28)26(34)24(20-38-19-22-9-3-2-4-10-22)31-27(35)29(30)13-7-8-14-29/h2-6,9-12,24H,7-8,13-21,30H2,1H3,(H,31,35)/t24-/m1/s1. The van der Waals surface area contributed by atoms with E-state index < -0.39 is 21.6 Å². The first kappa shape index (κ1) is 27.6. The minimum Gasteiger partial charge on any atom is -0.374 e. The Morgan fingerprint density at radius 3 is 2.31 bits per heavy atom. The van der Waals surface area contributed by atoms with Crippen molar-refractivity contribution in [2.45, 2.75) is 62.1 Å². The van der Waals surface area contributed by atoms with Crippen molar-refractivity contribution in [3.63, 3.8) is 0 Å². The summed E-state index contributed by atoms with van der Waals surface area (Å²) in [5, 5.41) is 2.92. The Hall–Kier alpha value is -2.95. The van der Waals surface area contributed by atoms with Crippen molar-refractivity contribution in [3.8, 4) is 0 Å². The van der Waals surface area contributed by atoms with Crippen LogP contribution >= 0.6 is 0 Å². The maximum Gasteiger partial charge on any atom is 0.247 e. The zero-order chi connectivity index (χ0) is 27.7. The number of hydrogen-bond acceptors (Lipinski definition) is 6. The Bertz CT molecular complexity index is 1300. The number of carbonyl (C=O) groups excluding carboxylic acids is 2. The number of carbonyl (C=O) groups is 2. The van der Waals surface area contributed by atoms with E-state index in [0.717, 1.165) is 29.7 Å². The van der Waals surface area contributed by atoms with Gasteiger partial charge in [-0.3, -0.25) is 13.9 Å². The van der Waals surface area contributed by atoms with Gasteiger partial charge in [-0.25, -0.2) is 8.42 Å². The van der Waals surface area contributed by atoms with Gasteiger partial charge in [0.2, 0.25) is 21.8 Å². The number of hydrogen-bond donors (Lipinski definition) is 2. The van der Waals surface area contributed by atoms with Gasteiger partial charge in [-0.2, -0.15) is 0 Å². The highest BCUT2D eigenvalue weighted by Crippen LogP contribution is 2.47. The smallest absolute Gasteiger partial charge is 0.247 e. The minimum absolute atomic E-state index is 0.0435. The first-order valence-corrected chi connectivity index (χ1v) is 15.5. The highest BCUT2D eigenvalue weighted by atomic mass is 32.2. The summed E-state index contributed by atoms with van der Waals surface area (Å²) < 4.78 is 32.4. The van der Waals surface area contributed by atoms with E-state index in [1.165, 1.54) is 10.6 Å². The van der Waals surface area contributed by atoms with E-state index in [1.807, 2.05) is 54.6 Å². The number of fused-ring (bicyclic) bond motifs is 2. The molecule has 2 fully saturated rings. The van der Waals surface area contributed by atoms with Crippen LogP contribution in [-0.2, 0) is 36.4 Å². The minimum atomic E-state index is -3.42. The van der Waals surface area contributed by atoms with Crippen molar-refractivity contribution in [2.75, 3.05) is 36.8 Å². The van der Waals surface area contributed by atoms with Crippen molar-refractivity contribution < 1.29 is 22.7 Å². The van der Waals surface area contributed by atoms with Gasteiger partial charge in [-0.1, -0.05) is 61.4 Å². The predicted octanol–water partition coefficient (Wildman–Crippen LogP) is 2.30. The molecule has 2 aromatic rings. The van der Waals surface area contributed by atoms with Gasteiger partial charge in [0.1, 0.15) is 6.04 Å². The van der Waals surface area contributed by atoms with Crippen LogP contribution in [0, 0.1) is 0 Å². The van der Waals surface area contributed by atoms with Gasteiger partial charge >= 0.3 is 0 Å². The number of amides is 2. The second-order valence-electron chi connectivity index (χ2n) is 11.3. The van der Waals surface area contributed by atoms with Crippen LogP contribution in [0.25, 0.3) is 0 Å². The van der Waals surface area contributed by atoms with E-state index >= 15 is 0 Å². The number of ether oxygens (including phenoxy) is 1. The molecule has 39 heavy (non-hydrogen) atoms. The molecule has 210 valence electrons.